The van der Waals surface area contributed by atoms with Crippen molar-refractivity contribution in [3.63, 3.8) is 0 Å². The molecule has 12 heteroatoms. The second-order valence-electron chi connectivity index (χ2n) is 9.68. The van der Waals surface area contributed by atoms with Crippen molar-refractivity contribution in [2.24, 2.45) is 0 Å². The van der Waals surface area contributed by atoms with Gasteiger partial charge in [0.05, 0.1) is 29.4 Å². The Hall–Kier alpha value is -5.23. The fourth-order valence-electron chi connectivity index (χ4n) is 4.44. The Labute approximate surface area is 229 Å². The van der Waals surface area contributed by atoms with Gasteiger partial charge in [-0.25, -0.2) is 9.97 Å². The number of aliphatic hydroxyl groups excluding tert-OH is 1. The number of amides is 1. The van der Waals surface area contributed by atoms with Gasteiger partial charge < -0.3 is 25.6 Å². The quantitative estimate of drug-likeness (QED) is 0.228. The third-order valence-corrected chi connectivity index (χ3v) is 6.43. The Morgan fingerprint density at radius 2 is 1.80 bits per heavy atom. The van der Waals surface area contributed by atoms with E-state index in [2.05, 4.69) is 46.0 Å². The summed E-state index contributed by atoms with van der Waals surface area (Å²) in [6.07, 6.45) is 3.20. The Balaban J connectivity index is 1.36. The molecule has 1 atom stereocenters. The van der Waals surface area contributed by atoms with Crippen LogP contribution in [-0.4, -0.2) is 47.7 Å². The summed E-state index contributed by atoms with van der Waals surface area (Å²) in [6, 6.07) is 17.9. The summed E-state index contributed by atoms with van der Waals surface area (Å²) in [7, 11) is 0. The maximum atomic E-state index is 12.3. The van der Waals surface area contributed by atoms with Gasteiger partial charge >= 0.3 is 0 Å². The molecule has 5 heterocycles. The van der Waals surface area contributed by atoms with Crippen LogP contribution in [0.25, 0.3) is 23.0 Å². The van der Waals surface area contributed by atoms with Crippen molar-refractivity contribution in [1.29, 1.82) is 0 Å². The number of hydrogen-bond donors (Lipinski definition) is 4. The highest BCUT2D eigenvalue weighted by molar-refractivity contribution is 5.99. The van der Waals surface area contributed by atoms with E-state index in [4.69, 9.17) is 4.52 Å². The molecule has 4 N–H and O–H groups in total. The summed E-state index contributed by atoms with van der Waals surface area (Å²) in [5, 5.41) is 23.6. The Morgan fingerprint density at radius 3 is 2.58 bits per heavy atom. The molecule has 0 aliphatic carbocycles. The summed E-state index contributed by atoms with van der Waals surface area (Å²) >= 11 is 0. The van der Waals surface area contributed by atoms with E-state index >= 15 is 0 Å². The molecule has 12 nitrogen and oxygen atoms in total. The predicted molar refractivity (Wildman–Crippen MR) is 146 cm³/mol. The molecule has 0 saturated heterocycles. The molecule has 1 aliphatic rings. The molecular weight excluding hydrogens is 510 g/mol. The topological polar surface area (TPSA) is 164 Å². The lowest BCUT2D eigenvalue weighted by molar-refractivity contribution is 0.0940. The van der Waals surface area contributed by atoms with Crippen molar-refractivity contribution in [3.8, 4) is 23.0 Å². The van der Waals surface area contributed by atoms with Crippen LogP contribution in [0.2, 0.25) is 0 Å². The Morgan fingerprint density at radius 1 is 0.975 bits per heavy atom. The first-order chi connectivity index (χ1) is 19.4. The standard InChI is InChI=1S/C28H25N9O3/c1-28(2)22-17(25(39)36-28)11-12-21(32-22)33-27-30-14-18(26-34-24(37-40-26)19-10-6-7-13-29-19)23(35-27)31-20(15-38)16-8-4-3-5-9-16/h3-14,20,38H,15H2,1-2H3,(H,36,39)(H2,30,31,32,33,35)/t20-/m1/s1. The number of anilines is 3. The van der Waals surface area contributed by atoms with Gasteiger partial charge in [0.15, 0.2) is 0 Å². The average Bonchev–Trinajstić information content (AvgIpc) is 3.55. The number of pyridine rings is 2. The van der Waals surface area contributed by atoms with Gasteiger partial charge in [0.2, 0.25) is 11.8 Å². The van der Waals surface area contributed by atoms with E-state index in [1.807, 2.05) is 50.2 Å². The first-order valence-corrected chi connectivity index (χ1v) is 12.6. The van der Waals surface area contributed by atoms with Gasteiger partial charge in [-0.1, -0.05) is 41.6 Å². The number of aliphatic hydroxyl groups is 1. The molecule has 0 saturated carbocycles. The third kappa shape index (κ3) is 4.83. The number of aromatic nitrogens is 6. The Kier molecular flexibility index (Phi) is 6.36. The second kappa shape index (κ2) is 10.2. The van der Waals surface area contributed by atoms with Crippen LogP contribution in [0.1, 0.15) is 41.5 Å². The van der Waals surface area contributed by atoms with Crippen LogP contribution >= 0.6 is 0 Å². The SMILES string of the molecule is CC1(C)NC(=O)c2ccc(Nc3ncc(-c4nc(-c5ccccn5)no4)c(N[C@H](CO)c4ccccc4)n3)nc21. The van der Waals surface area contributed by atoms with E-state index in [0.29, 0.717) is 40.0 Å². The minimum atomic E-state index is -0.602. The molecule has 0 radical (unpaired) electrons. The van der Waals surface area contributed by atoms with E-state index in [-0.39, 0.29) is 24.4 Å². The molecule has 1 aliphatic heterocycles. The number of benzene rings is 1. The van der Waals surface area contributed by atoms with Gasteiger partial charge in [0.25, 0.3) is 11.8 Å². The largest absolute Gasteiger partial charge is 0.394 e. The summed E-state index contributed by atoms with van der Waals surface area (Å²) in [4.78, 5) is 34.8. The van der Waals surface area contributed by atoms with Gasteiger partial charge in [-0.15, -0.1) is 0 Å². The lowest BCUT2D eigenvalue weighted by atomic mass is 10.0. The minimum absolute atomic E-state index is 0.160. The van der Waals surface area contributed by atoms with Gasteiger partial charge in [0.1, 0.15) is 22.9 Å². The maximum absolute atomic E-state index is 12.3. The molecule has 40 heavy (non-hydrogen) atoms. The zero-order chi connectivity index (χ0) is 27.7. The number of carbonyl (C=O) groups excluding carboxylic acids is 1. The minimum Gasteiger partial charge on any atom is -0.394 e. The molecule has 1 aromatic carbocycles. The first-order valence-electron chi connectivity index (χ1n) is 12.6. The molecule has 5 aromatic rings. The fourth-order valence-corrected chi connectivity index (χ4v) is 4.44. The fraction of sp³-hybridized carbons (Fsp3) is 0.179. The van der Waals surface area contributed by atoms with E-state index in [0.717, 1.165) is 5.56 Å². The Bertz CT molecular complexity index is 1670. The highest BCUT2D eigenvalue weighted by atomic mass is 16.5. The monoisotopic (exact) mass is 535 g/mol. The molecule has 0 bridgehead atoms. The third-order valence-electron chi connectivity index (χ3n) is 6.43. The number of carbonyl (C=O) groups is 1. The lowest BCUT2D eigenvalue weighted by Gasteiger charge is -2.20. The molecule has 1 amide bonds. The van der Waals surface area contributed by atoms with Crippen molar-refractivity contribution in [2.45, 2.75) is 25.4 Å². The number of fused-ring (bicyclic) bond motifs is 1. The van der Waals surface area contributed by atoms with Crippen LogP contribution in [-0.2, 0) is 5.54 Å². The number of rotatable bonds is 8. The maximum Gasteiger partial charge on any atom is 0.263 e. The summed E-state index contributed by atoms with van der Waals surface area (Å²) in [6.45, 7) is 3.59. The first kappa shape index (κ1) is 25.1. The summed E-state index contributed by atoms with van der Waals surface area (Å²) in [5.74, 6) is 1.41. The molecular formula is C28H25N9O3. The predicted octanol–water partition coefficient (Wildman–Crippen LogP) is 3.85. The van der Waals surface area contributed by atoms with Crippen LogP contribution in [0.15, 0.2) is 77.6 Å². The average molecular weight is 536 g/mol. The van der Waals surface area contributed by atoms with Crippen molar-refractivity contribution in [3.05, 3.63) is 89.9 Å². The highest BCUT2D eigenvalue weighted by Crippen LogP contribution is 2.32. The van der Waals surface area contributed by atoms with Crippen LogP contribution in [0.3, 0.4) is 0 Å². The highest BCUT2D eigenvalue weighted by Gasteiger charge is 2.36. The normalized spacial score (nSPS) is 14.3. The molecule has 0 unspecified atom stereocenters. The number of nitrogens with zero attached hydrogens (tertiary/aromatic N) is 6. The van der Waals surface area contributed by atoms with Crippen LogP contribution in [0, 0.1) is 0 Å². The zero-order valence-electron chi connectivity index (χ0n) is 21.7. The van der Waals surface area contributed by atoms with Crippen LogP contribution < -0.4 is 16.0 Å². The van der Waals surface area contributed by atoms with Gasteiger partial charge in [-0.05, 0) is 43.7 Å². The van der Waals surface area contributed by atoms with E-state index < -0.39 is 11.6 Å². The number of nitrogens with one attached hydrogen (secondary N) is 3. The molecule has 4 aromatic heterocycles. The van der Waals surface area contributed by atoms with Gasteiger partial charge in [0, 0.05) is 12.4 Å². The van der Waals surface area contributed by atoms with Crippen LogP contribution in [0.4, 0.5) is 17.6 Å². The summed E-state index contributed by atoms with van der Waals surface area (Å²) < 4.78 is 5.55. The van der Waals surface area contributed by atoms with Crippen molar-refractivity contribution in [2.75, 3.05) is 17.2 Å². The van der Waals surface area contributed by atoms with Gasteiger partial charge in [-0.2, -0.15) is 9.97 Å². The zero-order valence-corrected chi connectivity index (χ0v) is 21.7. The van der Waals surface area contributed by atoms with Crippen molar-refractivity contribution < 1.29 is 14.4 Å². The number of hydrogen-bond acceptors (Lipinski definition) is 11. The van der Waals surface area contributed by atoms with E-state index in [1.165, 1.54) is 0 Å². The smallest absolute Gasteiger partial charge is 0.263 e. The van der Waals surface area contributed by atoms with Crippen LogP contribution in [0.5, 0.6) is 0 Å². The van der Waals surface area contributed by atoms with E-state index in [9.17, 15) is 9.90 Å². The molecule has 0 fully saturated rings. The molecule has 0 spiro atoms. The van der Waals surface area contributed by atoms with Crippen molar-refractivity contribution >= 4 is 23.5 Å². The molecule has 6 rings (SSSR count). The van der Waals surface area contributed by atoms with E-state index in [1.54, 1.807) is 36.7 Å². The molecule has 200 valence electrons. The van der Waals surface area contributed by atoms with Gasteiger partial charge in [-0.3, -0.25) is 9.78 Å². The second-order valence-corrected chi connectivity index (χ2v) is 9.68. The lowest BCUT2D eigenvalue weighted by Crippen LogP contribution is -2.33. The van der Waals surface area contributed by atoms with Crippen molar-refractivity contribution in [1.82, 2.24) is 35.4 Å². The summed E-state index contributed by atoms with van der Waals surface area (Å²) in [5.41, 5.74) is 2.42.